The monoisotopic (exact) mass is 347 g/mol. The van der Waals surface area contributed by atoms with Crippen molar-refractivity contribution >= 4 is 23.5 Å². The Bertz CT molecular complexity index is 661. The summed E-state index contributed by atoms with van der Waals surface area (Å²) in [5.41, 5.74) is 6.86. The standard InChI is InChI=1S/C18H25N3O4/c1-11(16(22)20-8-7-19)9-12(2)17(23)21-14-6-4-3-5-13(14)10-15(21)18(24)25/h3-6,11-12,15H,7-10,19H2,1-2H3,(H,20,22)(H,24,25)/t11-,12-,15+/m1/s1. The Balaban J connectivity index is 2.12. The maximum atomic E-state index is 12.9. The van der Waals surface area contributed by atoms with Crippen LogP contribution in [-0.4, -0.2) is 42.0 Å². The van der Waals surface area contributed by atoms with Gasteiger partial charge in [-0.2, -0.15) is 0 Å². The molecule has 1 aromatic carbocycles. The number of nitrogens with one attached hydrogen (secondary N) is 1. The first kappa shape index (κ1) is 18.9. The SMILES string of the molecule is C[C@H](C[C@@H](C)C(=O)N1c2ccccc2C[C@H]1C(=O)O)C(=O)NCCN. The molecule has 0 fully saturated rings. The van der Waals surface area contributed by atoms with Crippen molar-refractivity contribution in [3.8, 4) is 0 Å². The molecule has 0 bridgehead atoms. The van der Waals surface area contributed by atoms with Gasteiger partial charge in [-0.3, -0.25) is 14.5 Å². The number of para-hydroxylation sites is 1. The topological polar surface area (TPSA) is 113 Å². The Morgan fingerprint density at radius 2 is 1.96 bits per heavy atom. The summed E-state index contributed by atoms with van der Waals surface area (Å²) in [6.45, 7) is 4.24. The molecule has 25 heavy (non-hydrogen) atoms. The number of amides is 2. The van der Waals surface area contributed by atoms with Crippen molar-refractivity contribution in [3.63, 3.8) is 0 Å². The molecule has 1 heterocycles. The lowest BCUT2D eigenvalue weighted by Crippen LogP contribution is -2.46. The number of carbonyl (C=O) groups is 3. The van der Waals surface area contributed by atoms with Gasteiger partial charge in [0, 0.05) is 37.0 Å². The zero-order chi connectivity index (χ0) is 18.6. The average Bonchev–Trinajstić information content (AvgIpc) is 2.98. The first-order valence-electron chi connectivity index (χ1n) is 8.48. The molecule has 2 rings (SSSR count). The van der Waals surface area contributed by atoms with Crippen LogP contribution in [0.25, 0.3) is 0 Å². The van der Waals surface area contributed by atoms with Crippen LogP contribution < -0.4 is 16.0 Å². The number of hydrogen-bond donors (Lipinski definition) is 3. The number of anilines is 1. The molecule has 0 spiro atoms. The van der Waals surface area contributed by atoms with Crippen LogP contribution in [0.3, 0.4) is 0 Å². The zero-order valence-electron chi connectivity index (χ0n) is 14.6. The first-order valence-corrected chi connectivity index (χ1v) is 8.48. The minimum atomic E-state index is -1.02. The molecule has 3 atom stereocenters. The molecule has 0 unspecified atom stereocenters. The van der Waals surface area contributed by atoms with E-state index in [0.29, 0.717) is 31.6 Å². The molecule has 0 saturated heterocycles. The molecule has 0 aromatic heterocycles. The predicted molar refractivity (Wildman–Crippen MR) is 94.1 cm³/mol. The van der Waals surface area contributed by atoms with E-state index in [4.69, 9.17) is 5.73 Å². The minimum absolute atomic E-state index is 0.151. The Kier molecular flexibility index (Phi) is 6.14. The van der Waals surface area contributed by atoms with Crippen molar-refractivity contribution in [1.29, 1.82) is 0 Å². The van der Waals surface area contributed by atoms with Crippen LogP contribution in [0.4, 0.5) is 5.69 Å². The summed E-state index contributed by atoms with van der Waals surface area (Å²) in [5.74, 6) is -2.26. The number of benzene rings is 1. The lowest BCUT2D eigenvalue weighted by Gasteiger charge is -2.27. The number of nitrogens with zero attached hydrogens (tertiary/aromatic N) is 1. The Morgan fingerprint density at radius 3 is 2.60 bits per heavy atom. The van der Waals surface area contributed by atoms with Gasteiger partial charge in [0.2, 0.25) is 11.8 Å². The summed E-state index contributed by atoms with van der Waals surface area (Å²) in [4.78, 5) is 37.8. The summed E-state index contributed by atoms with van der Waals surface area (Å²) >= 11 is 0. The number of carboxylic acid groups (broad SMARTS) is 1. The van der Waals surface area contributed by atoms with Crippen LogP contribution in [0.2, 0.25) is 0 Å². The molecule has 136 valence electrons. The lowest BCUT2D eigenvalue weighted by atomic mass is 9.95. The zero-order valence-corrected chi connectivity index (χ0v) is 14.6. The normalized spacial score (nSPS) is 18.4. The van der Waals surface area contributed by atoms with Gasteiger partial charge >= 0.3 is 5.97 Å². The highest BCUT2D eigenvalue weighted by molar-refractivity contribution is 6.03. The van der Waals surface area contributed by atoms with Crippen molar-refractivity contribution in [1.82, 2.24) is 5.32 Å². The van der Waals surface area contributed by atoms with Crippen molar-refractivity contribution in [3.05, 3.63) is 29.8 Å². The van der Waals surface area contributed by atoms with Crippen molar-refractivity contribution < 1.29 is 19.5 Å². The highest BCUT2D eigenvalue weighted by Crippen LogP contribution is 2.34. The number of carbonyl (C=O) groups excluding carboxylic acids is 2. The van der Waals surface area contributed by atoms with Gasteiger partial charge in [0.1, 0.15) is 6.04 Å². The summed E-state index contributed by atoms with van der Waals surface area (Å²) in [6, 6.07) is 6.33. The summed E-state index contributed by atoms with van der Waals surface area (Å²) in [7, 11) is 0. The number of aliphatic carboxylic acids is 1. The summed E-state index contributed by atoms with van der Waals surface area (Å²) < 4.78 is 0. The smallest absolute Gasteiger partial charge is 0.327 e. The van der Waals surface area contributed by atoms with E-state index in [1.54, 1.807) is 26.0 Å². The van der Waals surface area contributed by atoms with Gasteiger partial charge in [-0.15, -0.1) is 0 Å². The quantitative estimate of drug-likeness (QED) is 0.674. The maximum absolute atomic E-state index is 12.9. The highest BCUT2D eigenvalue weighted by atomic mass is 16.4. The Hall–Kier alpha value is -2.41. The molecule has 0 radical (unpaired) electrons. The second-order valence-corrected chi connectivity index (χ2v) is 6.51. The van der Waals surface area contributed by atoms with E-state index in [1.165, 1.54) is 4.90 Å². The van der Waals surface area contributed by atoms with Crippen LogP contribution in [0.5, 0.6) is 0 Å². The van der Waals surface area contributed by atoms with Crippen LogP contribution in [0.15, 0.2) is 24.3 Å². The maximum Gasteiger partial charge on any atom is 0.327 e. The Morgan fingerprint density at radius 1 is 1.28 bits per heavy atom. The molecular weight excluding hydrogens is 322 g/mol. The molecule has 1 aliphatic heterocycles. The lowest BCUT2D eigenvalue weighted by molar-refractivity contribution is -0.140. The number of rotatable bonds is 7. The molecule has 0 aliphatic carbocycles. The average molecular weight is 347 g/mol. The second kappa shape index (κ2) is 8.11. The molecule has 7 nitrogen and oxygen atoms in total. The van der Waals surface area contributed by atoms with Crippen molar-refractivity contribution in [2.24, 2.45) is 17.6 Å². The molecular formula is C18H25N3O4. The van der Waals surface area contributed by atoms with E-state index in [1.807, 2.05) is 12.1 Å². The van der Waals surface area contributed by atoms with Crippen molar-refractivity contribution in [2.45, 2.75) is 32.7 Å². The van der Waals surface area contributed by atoms with Gasteiger partial charge < -0.3 is 16.2 Å². The molecule has 7 heteroatoms. The van der Waals surface area contributed by atoms with E-state index in [0.717, 1.165) is 5.56 Å². The molecule has 2 amide bonds. The summed E-state index contributed by atoms with van der Waals surface area (Å²) in [6.07, 6.45) is 0.650. The molecule has 1 aromatic rings. The van der Waals surface area contributed by atoms with Crippen LogP contribution in [-0.2, 0) is 20.8 Å². The highest BCUT2D eigenvalue weighted by Gasteiger charge is 2.40. The fraction of sp³-hybridized carbons (Fsp3) is 0.500. The third-order valence-corrected chi connectivity index (χ3v) is 4.52. The van der Waals surface area contributed by atoms with Gasteiger partial charge in [-0.05, 0) is 18.1 Å². The fourth-order valence-electron chi connectivity index (χ4n) is 3.20. The third-order valence-electron chi connectivity index (χ3n) is 4.52. The second-order valence-electron chi connectivity index (χ2n) is 6.51. The van der Waals surface area contributed by atoms with Crippen LogP contribution >= 0.6 is 0 Å². The van der Waals surface area contributed by atoms with Gasteiger partial charge in [0.05, 0.1) is 0 Å². The van der Waals surface area contributed by atoms with E-state index < -0.39 is 17.9 Å². The predicted octanol–water partition coefficient (Wildman–Crippen LogP) is 0.766. The molecule has 1 aliphatic rings. The van der Waals surface area contributed by atoms with E-state index in [2.05, 4.69) is 5.32 Å². The third kappa shape index (κ3) is 4.17. The van der Waals surface area contributed by atoms with Crippen LogP contribution in [0.1, 0.15) is 25.8 Å². The first-order chi connectivity index (χ1) is 11.9. The Labute approximate surface area is 147 Å². The van der Waals surface area contributed by atoms with E-state index in [-0.39, 0.29) is 17.7 Å². The van der Waals surface area contributed by atoms with Gasteiger partial charge in [-0.25, -0.2) is 4.79 Å². The number of nitrogens with two attached hydrogens (primary N) is 1. The van der Waals surface area contributed by atoms with E-state index in [9.17, 15) is 19.5 Å². The number of carboxylic acids is 1. The largest absolute Gasteiger partial charge is 0.480 e. The number of fused-ring (bicyclic) bond motifs is 1. The minimum Gasteiger partial charge on any atom is -0.480 e. The van der Waals surface area contributed by atoms with Gasteiger partial charge in [0.15, 0.2) is 0 Å². The van der Waals surface area contributed by atoms with Crippen molar-refractivity contribution in [2.75, 3.05) is 18.0 Å². The molecule has 4 N–H and O–H groups in total. The van der Waals surface area contributed by atoms with E-state index >= 15 is 0 Å². The summed E-state index contributed by atoms with van der Waals surface area (Å²) in [5, 5.41) is 12.2. The fourth-order valence-corrected chi connectivity index (χ4v) is 3.20. The number of hydrogen-bond acceptors (Lipinski definition) is 4. The van der Waals surface area contributed by atoms with Gasteiger partial charge in [0.25, 0.3) is 0 Å². The van der Waals surface area contributed by atoms with Crippen LogP contribution in [0, 0.1) is 11.8 Å². The molecule has 0 saturated carbocycles. The van der Waals surface area contributed by atoms with Gasteiger partial charge in [-0.1, -0.05) is 32.0 Å².